The highest BCUT2D eigenvalue weighted by Crippen LogP contribution is 2.39. The monoisotopic (exact) mass is 259 g/mol. The molecule has 0 aromatic heterocycles. The van der Waals surface area contributed by atoms with Gasteiger partial charge >= 0.3 is 0 Å². The van der Waals surface area contributed by atoms with Crippen LogP contribution < -0.4 is 0 Å². The number of rotatable bonds is 2. The summed E-state index contributed by atoms with van der Waals surface area (Å²) in [5.74, 6) is 0.520. The number of benzene rings is 1. The molecule has 19 heavy (non-hydrogen) atoms. The van der Waals surface area contributed by atoms with Gasteiger partial charge in [0.2, 0.25) is 0 Å². The van der Waals surface area contributed by atoms with Gasteiger partial charge in [-0.15, -0.1) is 0 Å². The van der Waals surface area contributed by atoms with Crippen LogP contribution >= 0.6 is 0 Å². The molecule has 102 valence electrons. The van der Waals surface area contributed by atoms with Gasteiger partial charge in [0.05, 0.1) is 5.69 Å². The lowest BCUT2D eigenvalue weighted by Gasteiger charge is -2.28. The van der Waals surface area contributed by atoms with Crippen molar-refractivity contribution >= 4 is 11.9 Å². The minimum absolute atomic E-state index is 0.337. The molecule has 3 nitrogen and oxygen atoms in total. The number of aryl methyl sites for hydroxylation is 1. The molecule has 0 unspecified atom stereocenters. The summed E-state index contributed by atoms with van der Waals surface area (Å²) in [5, 5.41) is 0. The van der Waals surface area contributed by atoms with Gasteiger partial charge in [-0.2, -0.15) is 0 Å². The normalized spacial score (nSPS) is 20.2. The van der Waals surface area contributed by atoms with Crippen LogP contribution in [0.5, 0.6) is 0 Å². The van der Waals surface area contributed by atoms with Gasteiger partial charge in [0.1, 0.15) is 11.2 Å². The Balaban J connectivity index is 2.09. The van der Waals surface area contributed by atoms with E-state index in [1.807, 2.05) is 58.9 Å². The van der Waals surface area contributed by atoms with E-state index in [2.05, 4.69) is 4.99 Å². The number of hydrogen-bond acceptors (Lipinski definition) is 3. The van der Waals surface area contributed by atoms with Crippen molar-refractivity contribution in [2.45, 2.75) is 45.8 Å². The third-order valence-corrected chi connectivity index (χ3v) is 3.60. The molecule has 0 aliphatic carbocycles. The first-order valence-corrected chi connectivity index (χ1v) is 6.49. The van der Waals surface area contributed by atoms with Crippen LogP contribution in [0.15, 0.2) is 41.3 Å². The molecular formula is C16H21NO2. The van der Waals surface area contributed by atoms with Crippen molar-refractivity contribution in [2.75, 3.05) is 0 Å². The molecule has 3 heteroatoms. The van der Waals surface area contributed by atoms with Crippen molar-refractivity contribution in [1.29, 1.82) is 0 Å². The summed E-state index contributed by atoms with van der Waals surface area (Å²) >= 11 is 0. The van der Waals surface area contributed by atoms with Gasteiger partial charge in [-0.05, 0) is 52.3 Å². The predicted octanol–water partition coefficient (Wildman–Crippen LogP) is 4.14. The van der Waals surface area contributed by atoms with E-state index < -0.39 is 0 Å². The average molecular weight is 259 g/mol. The Morgan fingerprint density at radius 3 is 2.26 bits per heavy atom. The summed E-state index contributed by atoms with van der Waals surface area (Å²) in [5.41, 5.74) is 1.44. The average Bonchev–Trinajstić information content (AvgIpc) is 2.47. The van der Waals surface area contributed by atoms with Crippen molar-refractivity contribution in [3.05, 3.63) is 41.9 Å². The third kappa shape index (κ3) is 2.98. The second-order valence-electron chi connectivity index (χ2n) is 5.83. The number of hydrogen-bond donors (Lipinski definition) is 0. The van der Waals surface area contributed by atoms with Gasteiger partial charge < -0.3 is 9.47 Å². The maximum atomic E-state index is 5.77. The fraction of sp³-hybridized carbons (Fsp3) is 0.438. The van der Waals surface area contributed by atoms with E-state index in [0.29, 0.717) is 5.95 Å². The largest absolute Gasteiger partial charge is 0.455 e. The number of nitrogens with zero attached hydrogens (tertiary/aromatic N) is 1. The van der Waals surface area contributed by atoms with Crippen LogP contribution in [0.2, 0.25) is 0 Å². The maximum Gasteiger partial charge on any atom is 0.282 e. The summed E-state index contributed by atoms with van der Waals surface area (Å²) in [6, 6.07) is 8.03. The molecule has 0 radical (unpaired) electrons. The van der Waals surface area contributed by atoms with E-state index in [1.165, 1.54) is 5.56 Å². The first-order chi connectivity index (χ1) is 8.80. The number of allylic oxidation sites excluding steroid dienone is 1. The second kappa shape index (κ2) is 4.72. The van der Waals surface area contributed by atoms with Crippen LogP contribution in [0.3, 0.4) is 0 Å². The Labute approximate surface area is 115 Å². The highest BCUT2D eigenvalue weighted by Gasteiger charge is 2.48. The van der Waals surface area contributed by atoms with Crippen molar-refractivity contribution in [3.8, 4) is 0 Å². The van der Waals surface area contributed by atoms with Crippen molar-refractivity contribution < 1.29 is 9.47 Å². The summed E-state index contributed by atoms with van der Waals surface area (Å²) in [6.07, 6.45) is 3.47. The van der Waals surface area contributed by atoms with E-state index in [4.69, 9.17) is 9.47 Å². The second-order valence-corrected chi connectivity index (χ2v) is 5.83. The van der Waals surface area contributed by atoms with E-state index in [0.717, 1.165) is 5.69 Å². The van der Waals surface area contributed by atoms with Crippen LogP contribution in [0.4, 0.5) is 5.69 Å². The van der Waals surface area contributed by atoms with Crippen LogP contribution in [-0.4, -0.2) is 17.4 Å². The molecule has 1 aliphatic heterocycles. The predicted molar refractivity (Wildman–Crippen MR) is 77.7 cm³/mol. The van der Waals surface area contributed by atoms with E-state index in [1.54, 1.807) is 12.3 Å². The third-order valence-electron chi connectivity index (χ3n) is 3.60. The van der Waals surface area contributed by atoms with E-state index in [9.17, 15) is 0 Å². The molecule has 2 rings (SSSR count). The minimum Gasteiger partial charge on any atom is -0.455 e. The summed E-state index contributed by atoms with van der Waals surface area (Å²) in [7, 11) is 0. The summed E-state index contributed by atoms with van der Waals surface area (Å²) in [6.45, 7) is 10.1. The van der Waals surface area contributed by atoms with E-state index in [-0.39, 0.29) is 11.2 Å². The van der Waals surface area contributed by atoms with Crippen molar-refractivity contribution in [1.82, 2.24) is 0 Å². The van der Waals surface area contributed by atoms with Gasteiger partial charge in [0, 0.05) is 12.3 Å². The molecule has 1 aromatic carbocycles. The van der Waals surface area contributed by atoms with Crippen LogP contribution in [-0.2, 0) is 9.47 Å². The smallest absolute Gasteiger partial charge is 0.282 e. The highest BCUT2D eigenvalue weighted by atomic mass is 16.7. The number of aliphatic imine (C=N–C) groups is 1. The lowest BCUT2D eigenvalue weighted by molar-refractivity contribution is 0.00578. The molecule has 0 N–H and O–H groups in total. The summed E-state index contributed by atoms with van der Waals surface area (Å²) < 4.78 is 11.5. The van der Waals surface area contributed by atoms with Crippen LogP contribution in [0.25, 0.3) is 0 Å². The zero-order chi connectivity index (χ0) is 14.1. The lowest BCUT2D eigenvalue weighted by atomic mass is 9.90. The van der Waals surface area contributed by atoms with E-state index >= 15 is 0 Å². The van der Waals surface area contributed by atoms with Gasteiger partial charge in [0.25, 0.3) is 5.95 Å². The zero-order valence-corrected chi connectivity index (χ0v) is 12.2. The van der Waals surface area contributed by atoms with Gasteiger partial charge in [-0.25, -0.2) is 0 Å². The Kier molecular flexibility index (Phi) is 3.40. The maximum absolute atomic E-state index is 5.77. The first-order valence-electron chi connectivity index (χ1n) is 6.49. The quantitative estimate of drug-likeness (QED) is 0.747. The topological polar surface area (TPSA) is 30.8 Å². The highest BCUT2D eigenvalue weighted by molar-refractivity contribution is 5.74. The Bertz CT molecular complexity index is 509. The molecule has 1 fully saturated rings. The van der Waals surface area contributed by atoms with Gasteiger partial charge in [0.15, 0.2) is 0 Å². The molecule has 0 amide bonds. The molecule has 1 aromatic rings. The zero-order valence-electron chi connectivity index (χ0n) is 12.2. The first kappa shape index (κ1) is 13.7. The molecule has 0 saturated carbocycles. The molecule has 1 heterocycles. The standard InChI is InChI=1S/C16H21NO2/c1-12-7-6-8-13(11-12)17-10-9-14-18-15(2,3)16(4,5)19-14/h6-11H,1-5H3. The summed E-state index contributed by atoms with van der Waals surface area (Å²) in [4.78, 5) is 4.36. The molecule has 0 bridgehead atoms. The SMILES string of the molecule is Cc1cccc(N=CC=C2OC(C)(C)C(C)(C)O2)c1. The molecule has 0 spiro atoms. The molecule has 1 aliphatic rings. The molecular weight excluding hydrogens is 238 g/mol. The van der Waals surface area contributed by atoms with Crippen molar-refractivity contribution in [3.63, 3.8) is 0 Å². The fourth-order valence-corrected chi connectivity index (χ4v) is 1.73. The van der Waals surface area contributed by atoms with Gasteiger partial charge in [-0.3, -0.25) is 4.99 Å². The van der Waals surface area contributed by atoms with Crippen LogP contribution in [0.1, 0.15) is 33.3 Å². The van der Waals surface area contributed by atoms with Gasteiger partial charge in [-0.1, -0.05) is 12.1 Å². The lowest BCUT2D eigenvalue weighted by Crippen LogP contribution is -2.41. The fourth-order valence-electron chi connectivity index (χ4n) is 1.73. The van der Waals surface area contributed by atoms with Crippen molar-refractivity contribution in [2.24, 2.45) is 4.99 Å². The molecule has 1 saturated heterocycles. The molecule has 0 atom stereocenters. The minimum atomic E-state index is -0.337. The van der Waals surface area contributed by atoms with Crippen LogP contribution in [0, 0.1) is 6.92 Å². The Morgan fingerprint density at radius 1 is 1.05 bits per heavy atom. The Morgan fingerprint density at radius 2 is 1.68 bits per heavy atom. The Hall–Kier alpha value is -1.77. The number of ether oxygens (including phenoxy) is 2.